The second-order valence-corrected chi connectivity index (χ2v) is 7.55. The van der Waals surface area contributed by atoms with E-state index in [9.17, 15) is 13.2 Å². The maximum atomic E-state index is 12.1. The third-order valence-electron chi connectivity index (χ3n) is 3.23. The van der Waals surface area contributed by atoms with Crippen molar-refractivity contribution in [1.82, 2.24) is 0 Å². The van der Waals surface area contributed by atoms with Gasteiger partial charge in [0.25, 0.3) is 5.91 Å². The van der Waals surface area contributed by atoms with Gasteiger partial charge < -0.3 is 11.1 Å². The van der Waals surface area contributed by atoms with Gasteiger partial charge in [0.05, 0.1) is 10.8 Å². The number of para-hydroxylation sites is 1. The maximum absolute atomic E-state index is 12.1. The number of hydrogen-bond acceptors (Lipinski definition) is 4. The maximum Gasteiger partial charge on any atom is 0.257 e. The van der Waals surface area contributed by atoms with E-state index in [1.807, 2.05) is 0 Å². The Hall–Kier alpha value is -2.54. The molecular weight excluding hydrogens is 314 g/mol. The third kappa shape index (κ3) is 4.23. The van der Waals surface area contributed by atoms with Crippen molar-refractivity contribution < 1.29 is 13.2 Å². The van der Waals surface area contributed by atoms with E-state index in [0.717, 1.165) is 0 Å². The lowest BCUT2D eigenvalue weighted by Crippen LogP contribution is -2.22. The molecule has 0 aromatic heterocycles. The number of nitrogens with two attached hydrogens (primary N) is 1. The van der Waals surface area contributed by atoms with Crippen LogP contribution < -0.4 is 15.8 Å². The zero-order valence-corrected chi connectivity index (χ0v) is 13.7. The minimum atomic E-state index is -3.39. The standard InChI is InChI=1S/C16H19N3O3S/c1-11(2)23(21,22)19-13-9-7-12(8-10-13)18-16(20)14-5-3-4-6-15(14)17/h3-11,19H,17H2,1-2H3,(H,18,20). The number of nitrogens with one attached hydrogen (secondary N) is 2. The van der Waals surface area contributed by atoms with Crippen LogP contribution in [-0.4, -0.2) is 19.6 Å². The van der Waals surface area contributed by atoms with Crippen LogP contribution in [0.2, 0.25) is 0 Å². The van der Waals surface area contributed by atoms with E-state index in [0.29, 0.717) is 22.6 Å². The Balaban J connectivity index is 2.09. The molecule has 0 bridgehead atoms. The third-order valence-corrected chi connectivity index (χ3v) is 4.99. The van der Waals surface area contributed by atoms with Gasteiger partial charge in [0.15, 0.2) is 0 Å². The van der Waals surface area contributed by atoms with E-state index in [1.54, 1.807) is 62.4 Å². The largest absolute Gasteiger partial charge is 0.398 e. The summed E-state index contributed by atoms with van der Waals surface area (Å²) in [5.41, 5.74) is 7.53. The predicted molar refractivity (Wildman–Crippen MR) is 92.9 cm³/mol. The highest BCUT2D eigenvalue weighted by atomic mass is 32.2. The average molecular weight is 333 g/mol. The van der Waals surface area contributed by atoms with Crippen LogP contribution in [0.25, 0.3) is 0 Å². The van der Waals surface area contributed by atoms with Crippen LogP contribution in [-0.2, 0) is 10.0 Å². The lowest BCUT2D eigenvalue weighted by molar-refractivity contribution is 0.102. The van der Waals surface area contributed by atoms with Crippen LogP contribution in [0, 0.1) is 0 Å². The quantitative estimate of drug-likeness (QED) is 0.732. The summed E-state index contributed by atoms with van der Waals surface area (Å²) in [6, 6.07) is 13.2. The molecule has 1 amide bonds. The number of nitrogen functional groups attached to an aromatic ring is 1. The summed E-state index contributed by atoms with van der Waals surface area (Å²) in [7, 11) is -3.39. The summed E-state index contributed by atoms with van der Waals surface area (Å²) >= 11 is 0. The molecule has 0 aliphatic carbocycles. The van der Waals surface area contributed by atoms with E-state index in [-0.39, 0.29) is 5.91 Å². The molecule has 122 valence electrons. The summed E-state index contributed by atoms with van der Waals surface area (Å²) in [5.74, 6) is -0.321. The molecule has 0 unspecified atom stereocenters. The van der Waals surface area contributed by atoms with E-state index >= 15 is 0 Å². The molecule has 0 fully saturated rings. The van der Waals surface area contributed by atoms with Gasteiger partial charge >= 0.3 is 0 Å². The van der Waals surface area contributed by atoms with Crippen LogP contribution in [0.4, 0.5) is 17.1 Å². The summed E-state index contributed by atoms with van der Waals surface area (Å²) in [4.78, 5) is 12.1. The van der Waals surface area contributed by atoms with Gasteiger partial charge in [-0.15, -0.1) is 0 Å². The van der Waals surface area contributed by atoms with Crippen molar-refractivity contribution in [2.45, 2.75) is 19.1 Å². The average Bonchev–Trinajstić information content (AvgIpc) is 2.49. The van der Waals surface area contributed by atoms with E-state index in [4.69, 9.17) is 5.73 Å². The molecule has 7 heteroatoms. The fraction of sp³-hybridized carbons (Fsp3) is 0.188. The normalized spacial score (nSPS) is 11.3. The molecule has 0 aliphatic heterocycles. The molecule has 0 aliphatic rings. The van der Waals surface area contributed by atoms with E-state index in [2.05, 4.69) is 10.0 Å². The fourth-order valence-corrected chi connectivity index (χ4v) is 2.51. The number of benzene rings is 2. The lowest BCUT2D eigenvalue weighted by atomic mass is 10.1. The van der Waals surface area contributed by atoms with Crippen LogP contribution in [0.5, 0.6) is 0 Å². The SMILES string of the molecule is CC(C)S(=O)(=O)Nc1ccc(NC(=O)c2ccccc2N)cc1. The Kier molecular flexibility index (Phi) is 4.90. The Labute approximate surface area is 135 Å². The Morgan fingerprint density at radius 2 is 1.57 bits per heavy atom. The van der Waals surface area contributed by atoms with Gasteiger partial charge in [-0.3, -0.25) is 9.52 Å². The number of sulfonamides is 1. The van der Waals surface area contributed by atoms with Crippen molar-refractivity contribution in [1.29, 1.82) is 0 Å². The first-order chi connectivity index (χ1) is 10.8. The molecular formula is C16H19N3O3S. The summed E-state index contributed by atoms with van der Waals surface area (Å²) < 4.78 is 26.1. The van der Waals surface area contributed by atoms with Gasteiger partial charge in [0.1, 0.15) is 0 Å². The first kappa shape index (κ1) is 16.8. The zero-order valence-electron chi connectivity index (χ0n) is 12.9. The Morgan fingerprint density at radius 1 is 1.00 bits per heavy atom. The van der Waals surface area contributed by atoms with Crippen molar-refractivity contribution in [3.05, 3.63) is 54.1 Å². The molecule has 0 atom stereocenters. The molecule has 2 aromatic rings. The molecule has 0 radical (unpaired) electrons. The van der Waals surface area contributed by atoms with E-state index in [1.165, 1.54) is 0 Å². The predicted octanol–water partition coefficient (Wildman–Crippen LogP) is 2.67. The fourth-order valence-electron chi connectivity index (χ4n) is 1.81. The Bertz CT molecular complexity index is 800. The zero-order chi connectivity index (χ0) is 17.0. The number of carbonyl (C=O) groups is 1. The van der Waals surface area contributed by atoms with Crippen LogP contribution >= 0.6 is 0 Å². The second-order valence-electron chi connectivity index (χ2n) is 5.31. The molecule has 0 spiro atoms. The smallest absolute Gasteiger partial charge is 0.257 e. The minimum absolute atomic E-state index is 0.321. The van der Waals surface area contributed by atoms with Crippen molar-refractivity contribution in [2.75, 3.05) is 15.8 Å². The van der Waals surface area contributed by atoms with Gasteiger partial charge in [-0.2, -0.15) is 0 Å². The molecule has 23 heavy (non-hydrogen) atoms. The van der Waals surface area contributed by atoms with Gasteiger partial charge in [-0.25, -0.2) is 8.42 Å². The van der Waals surface area contributed by atoms with Crippen molar-refractivity contribution in [2.24, 2.45) is 0 Å². The first-order valence-corrected chi connectivity index (χ1v) is 8.62. The highest BCUT2D eigenvalue weighted by molar-refractivity contribution is 7.93. The van der Waals surface area contributed by atoms with Gasteiger partial charge in [-0.1, -0.05) is 12.1 Å². The van der Waals surface area contributed by atoms with Gasteiger partial charge in [-0.05, 0) is 50.2 Å². The number of hydrogen-bond donors (Lipinski definition) is 3. The Morgan fingerprint density at radius 3 is 2.13 bits per heavy atom. The summed E-state index contributed by atoms with van der Waals surface area (Å²) in [5, 5.41) is 2.19. The second kappa shape index (κ2) is 6.70. The number of carbonyl (C=O) groups excluding carboxylic acids is 1. The first-order valence-electron chi connectivity index (χ1n) is 7.07. The molecule has 0 saturated heterocycles. The van der Waals surface area contributed by atoms with E-state index < -0.39 is 15.3 Å². The number of rotatable bonds is 5. The lowest BCUT2D eigenvalue weighted by Gasteiger charge is -2.12. The van der Waals surface area contributed by atoms with Gasteiger partial charge in [0, 0.05) is 17.1 Å². The molecule has 2 aromatic carbocycles. The van der Waals surface area contributed by atoms with Crippen molar-refractivity contribution in [3.8, 4) is 0 Å². The molecule has 0 heterocycles. The minimum Gasteiger partial charge on any atom is -0.398 e. The van der Waals surface area contributed by atoms with Crippen LogP contribution in [0.1, 0.15) is 24.2 Å². The summed E-state index contributed by atoms with van der Waals surface area (Å²) in [6.45, 7) is 3.20. The monoisotopic (exact) mass is 333 g/mol. The summed E-state index contributed by atoms with van der Waals surface area (Å²) in [6.07, 6.45) is 0. The number of amides is 1. The highest BCUT2D eigenvalue weighted by Gasteiger charge is 2.15. The van der Waals surface area contributed by atoms with Crippen molar-refractivity contribution >= 4 is 33.0 Å². The van der Waals surface area contributed by atoms with Crippen LogP contribution in [0.3, 0.4) is 0 Å². The van der Waals surface area contributed by atoms with Crippen molar-refractivity contribution in [3.63, 3.8) is 0 Å². The molecule has 4 N–H and O–H groups in total. The topological polar surface area (TPSA) is 101 Å². The molecule has 6 nitrogen and oxygen atoms in total. The van der Waals surface area contributed by atoms with Gasteiger partial charge in [0.2, 0.25) is 10.0 Å². The highest BCUT2D eigenvalue weighted by Crippen LogP contribution is 2.18. The molecule has 0 saturated carbocycles. The number of anilines is 3. The molecule has 2 rings (SSSR count). The van der Waals surface area contributed by atoms with Crippen LogP contribution in [0.15, 0.2) is 48.5 Å².